The van der Waals surface area contributed by atoms with Crippen molar-refractivity contribution in [2.45, 2.75) is 83.0 Å². The second-order valence-electron chi connectivity index (χ2n) is 5.87. The van der Waals surface area contributed by atoms with E-state index < -0.39 is 12.1 Å². The van der Waals surface area contributed by atoms with Crippen LogP contribution in [0.3, 0.4) is 0 Å². The number of allylic oxidation sites excluding steroid dienone is 2. The minimum absolute atomic E-state index is 0.0335. The van der Waals surface area contributed by atoms with Gasteiger partial charge in [-0.15, -0.1) is 0 Å². The molecule has 1 saturated heterocycles. The molecule has 0 aromatic heterocycles. The van der Waals surface area contributed by atoms with Crippen LogP contribution in [0, 0.1) is 0 Å². The molecule has 0 spiro atoms. The van der Waals surface area contributed by atoms with Crippen LogP contribution in [0.2, 0.25) is 0 Å². The van der Waals surface area contributed by atoms with Gasteiger partial charge in [-0.2, -0.15) is 0 Å². The smallest absolute Gasteiger partial charge is 0.303 e. The van der Waals surface area contributed by atoms with Crippen LogP contribution >= 0.6 is 0 Å². The second kappa shape index (κ2) is 11.4. The lowest BCUT2D eigenvalue weighted by Gasteiger charge is -2.01. The number of unbranched alkanes of at least 4 members (excludes halogenated alkanes) is 5. The van der Waals surface area contributed by atoms with Crippen LogP contribution in [0.15, 0.2) is 24.3 Å². The molecule has 0 aromatic rings. The maximum atomic E-state index is 10.3. The summed E-state index contributed by atoms with van der Waals surface area (Å²) >= 11 is 0. The molecule has 0 bridgehead atoms. The normalized spacial score (nSPS) is 22.5. The highest BCUT2D eigenvalue weighted by molar-refractivity contribution is 5.66. The third kappa shape index (κ3) is 9.00. The monoisotopic (exact) mass is 310 g/mol. The summed E-state index contributed by atoms with van der Waals surface area (Å²) in [5.41, 5.74) is 0. The van der Waals surface area contributed by atoms with E-state index in [0.29, 0.717) is 0 Å². The molecule has 0 radical (unpaired) electrons. The molecule has 1 heterocycles. The van der Waals surface area contributed by atoms with Gasteiger partial charge in [0.25, 0.3) is 0 Å². The summed E-state index contributed by atoms with van der Waals surface area (Å²) in [5, 5.41) is 18.5. The third-order valence-electron chi connectivity index (χ3n) is 3.82. The van der Waals surface area contributed by atoms with Crippen LogP contribution in [0.1, 0.15) is 64.7 Å². The number of rotatable bonds is 13. The number of hydrogen-bond acceptors (Lipinski definition) is 3. The lowest BCUT2D eigenvalue weighted by atomic mass is 10.1. The Balaban J connectivity index is 1.95. The van der Waals surface area contributed by atoms with E-state index in [2.05, 4.69) is 19.1 Å². The fraction of sp³-hybridized carbons (Fsp3) is 0.722. The van der Waals surface area contributed by atoms with E-state index in [4.69, 9.17) is 9.84 Å². The van der Waals surface area contributed by atoms with Gasteiger partial charge in [-0.3, -0.25) is 4.79 Å². The number of carboxylic acid groups (broad SMARTS) is 1. The number of aliphatic hydroxyl groups is 1. The first-order chi connectivity index (χ1) is 10.6. The molecule has 0 saturated carbocycles. The molecule has 126 valence electrons. The Morgan fingerprint density at radius 3 is 2.59 bits per heavy atom. The Labute approximate surface area is 133 Å². The van der Waals surface area contributed by atoms with Crippen LogP contribution in [0.4, 0.5) is 0 Å². The van der Waals surface area contributed by atoms with Gasteiger partial charge in [0.05, 0.1) is 6.10 Å². The van der Waals surface area contributed by atoms with Gasteiger partial charge < -0.3 is 14.9 Å². The SMILES string of the molecule is CC/C=C\C[C@@H]1O[C@H]1[C@H](O)/C=C\CCCCCCCC(=O)O. The highest BCUT2D eigenvalue weighted by Gasteiger charge is 2.42. The van der Waals surface area contributed by atoms with Gasteiger partial charge in [-0.25, -0.2) is 0 Å². The molecule has 0 amide bonds. The molecule has 0 aliphatic carbocycles. The predicted molar refractivity (Wildman–Crippen MR) is 87.8 cm³/mol. The zero-order valence-corrected chi connectivity index (χ0v) is 13.6. The van der Waals surface area contributed by atoms with Crippen molar-refractivity contribution < 1.29 is 19.7 Å². The number of aliphatic carboxylic acids is 1. The Bertz CT molecular complexity index is 362. The first-order valence-electron chi connectivity index (χ1n) is 8.52. The maximum absolute atomic E-state index is 10.3. The average Bonchev–Trinajstić information content (AvgIpc) is 3.25. The third-order valence-corrected chi connectivity index (χ3v) is 3.82. The summed E-state index contributed by atoms with van der Waals surface area (Å²) in [6.07, 6.45) is 16.0. The lowest BCUT2D eigenvalue weighted by molar-refractivity contribution is -0.137. The minimum Gasteiger partial charge on any atom is -0.481 e. The van der Waals surface area contributed by atoms with Gasteiger partial charge in [0.1, 0.15) is 12.2 Å². The summed E-state index contributed by atoms with van der Waals surface area (Å²) in [6.45, 7) is 2.10. The average molecular weight is 310 g/mol. The van der Waals surface area contributed by atoms with Crippen LogP contribution in [0.5, 0.6) is 0 Å². The van der Waals surface area contributed by atoms with Crippen molar-refractivity contribution in [1.82, 2.24) is 0 Å². The lowest BCUT2D eigenvalue weighted by Crippen LogP contribution is -2.13. The van der Waals surface area contributed by atoms with Gasteiger partial charge in [0.15, 0.2) is 0 Å². The molecule has 0 unspecified atom stereocenters. The van der Waals surface area contributed by atoms with Crippen molar-refractivity contribution in [3.63, 3.8) is 0 Å². The summed E-state index contributed by atoms with van der Waals surface area (Å²) in [4.78, 5) is 10.3. The molecule has 1 rings (SSSR count). The highest BCUT2D eigenvalue weighted by Crippen LogP contribution is 2.29. The Hall–Kier alpha value is -1.13. The standard InChI is InChI=1S/C18H30O4/c1-2-3-9-13-16-18(22-16)15(19)12-10-7-5-4-6-8-11-14-17(20)21/h3,9-10,12,15-16,18-19H,2,4-8,11,13-14H2,1H3,(H,20,21)/b9-3-,12-10-/t15-,16+,18+/m1/s1. The number of epoxide rings is 1. The first-order valence-corrected chi connectivity index (χ1v) is 8.52. The van der Waals surface area contributed by atoms with Gasteiger partial charge in [0, 0.05) is 6.42 Å². The number of ether oxygens (including phenoxy) is 1. The van der Waals surface area contributed by atoms with E-state index in [9.17, 15) is 9.90 Å². The van der Waals surface area contributed by atoms with Crippen molar-refractivity contribution >= 4 is 5.97 Å². The summed E-state index contributed by atoms with van der Waals surface area (Å²) in [7, 11) is 0. The molecule has 3 atom stereocenters. The van der Waals surface area contributed by atoms with Crippen LogP contribution in [-0.4, -0.2) is 34.5 Å². The van der Waals surface area contributed by atoms with E-state index in [1.165, 1.54) is 0 Å². The topological polar surface area (TPSA) is 70.1 Å². The Morgan fingerprint density at radius 1 is 1.14 bits per heavy atom. The van der Waals surface area contributed by atoms with Gasteiger partial charge in [0.2, 0.25) is 0 Å². The number of carboxylic acids is 1. The first kappa shape index (κ1) is 18.9. The zero-order chi connectivity index (χ0) is 16.2. The van der Waals surface area contributed by atoms with Gasteiger partial charge >= 0.3 is 5.97 Å². The fourth-order valence-corrected chi connectivity index (χ4v) is 2.46. The van der Waals surface area contributed by atoms with Gasteiger partial charge in [-0.05, 0) is 32.1 Å². The molecule has 22 heavy (non-hydrogen) atoms. The Morgan fingerprint density at radius 2 is 1.86 bits per heavy atom. The molecular formula is C18H30O4. The molecular weight excluding hydrogens is 280 g/mol. The van der Waals surface area contributed by atoms with Crippen molar-refractivity contribution in [2.75, 3.05) is 0 Å². The minimum atomic E-state index is -0.706. The molecule has 1 aliphatic rings. The van der Waals surface area contributed by atoms with E-state index in [1.807, 2.05) is 12.2 Å². The molecule has 0 aromatic carbocycles. The zero-order valence-electron chi connectivity index (χ0n) is 13.6. The number of aliphatic hydroxyl groups excluding tert-OH is 1. The van der Waals surface area contributed by atoms with E-state index in [0.717, 1.165) is 51.4 Å². The van der Waals surface area contributed by atoms with Crippen molar-refractivity contribution in [3.05, 3.63) is 24.3 Å². The fourth-order valence-electron chi connectivity index (χ4n) is 2.46. The quantitative estimate of drug-likeness (QED) is 0.308. The van der Waals surface area contributed by atoms with Crippen molar-refractivity contribution in [1.29, 1.82) is 0 Å². The molecule has 4 heteroatoms. The largest absolute Gasteiger partial charge is 0.481 e. The second-order valence-corrected chi connectivity index (χ2v) is 5.87. The Kier molecular flexibility index (Phi) is 9.84. The van der Waals surface area contributed by atoms with Crippen LogP contribution < -0.4 is 0 Å². The molecule has 4 nitrogen and oxygen atoms in total. The van der Waals surface area contributed by atoms with Gasteiger partial charge in [-0.1, -0.05) is 50.5 Å². The number of carbonyl (C=O) groups is 1. The van der Waals surface area contributed by atoms with Crippen LogP contribution in [0.25, 0.3) is 0 Å². The molecule has 1 aliphatic heterocycles. The van der Waals surface area contributed by atoms with Crippen molar-refractivity contribution in [2.24, 2.45) is 0 Å². The molecule has 1 fully saturated rings. The maximum Gasteiger partial charge on any atom is 0.303 e. The summed E-state index contributed by atoms with van der Waals surface area (Å²) < 4.78 is 5.47. The number of hydrogen-bond donors (Lipinski definition) is 2. The van der Waals surface area contributed by atoms with E-state index >= 15 is 0 Å². The highest BCUT2D eigenvalue weighted by atomic mass is 16.6. The summed E-state index contributed by atoms with van der Waals surface area (Å²) in [5.74, 6) is -0.706. The van der Waals surface area contributed by atoms with E-state index in [-0.39, 0.29) is 18.6 Å². The summed E-state index contributed by atoms with van der Waals surface area (Å²) in [6, 6.07) is 0. The predicted octanol–water partition coefficient (Wildman–Crippen LogP) is 3.84. The molecule has 2 N–H and O–H groups in total. The van der Waals surface area contributed by atoms with Crippen LogP contribution in [-0.2, 0) is 9.53 Å². The van der Waals surface area contributed by atoms with Crippen molar-refractivity contribution in [3.8, 4) is 0 Å². The van der Waals surface area contributed by atoms with E-state index in [1.54, 1.807) is 0 Å².